The van der Waals surface area contributed by atoms with Crippen molar-refractivity contribution in [2.75, 3.05) is 47.0 Å². The fourth-order valence-corrected chi connectivity index (χ4v) is 7.77. The number of unbranched alkanes of at least 4 members (excludes halogenated alkanes) is 16. The lowest BCUT2D eigenvalue weighted by Crippen LogP contribution is -3.00. The molecule has 4 nitrogen and oxygen atoms in total. The molecule has 220 valence electrons. The van der Waals surface area contributed by atoms with Crippen LogP contribution in [0.2, 0.25) is 6.04 Å². The lowest BCUT2D eigenvalue weighted by atomic mass is 10.1. The number of hydrogen-bond donors (Lipinski definition) is 0. The minimum absolute atomic E-state index is 0. The summed E-state index contributed by atoms with van der Waals surface area (Å²) in [4.78, 5) is 0. The molecule has 0 saturated heterocycles. The summed E-state index contributed by atoms with van der Waals surface area (Å²) in [5, 5.41) is 0. The zero-order chi connectivity index (χ0) is 26.1. The van der Waals surface area contributed by atoms with E-state index in [1.165, 1.54) is 127 Å². The Hall–Kier alpha value is 0.347. The molecule has 0 rings (SSSR count). The van der Waals surface area contributed by atoms with E-state index in [9.17, 15) is 0 Å². The minimum atomic E-state index is -2.43. The molecule has 0 fully saturated rings. The Morgan fingerprint density at radius 3 is 1.08 bits per heavy atom. The summed E-state index contributed by atoms with van der Waals surface area (Å²) in [5.74, 6) is 0. The predicted octanol–water partition coefficient (Wildman–Crippen LogP) is 6.16. The molecule has 0 aliphatic rings. The van der Waals surface area contributed by atoms with E-state index in [4.69, 9.17) is 13.3 Å². The van der Waals surface area contributed by atoms with Gasteiger partial charge in [-0.05, 0) is 52.9 Å². The summed E-state index contributed by atoms with van der Waals surface area (Å²) in [6.07, 6.45) is 25.1. The molecule has 36 heavy (non-hydrogen) atoms. The first kappa shape index (κ1) is 38.5. The lowest BCUT2D eigenvalue weighted by molar-refractivity contribution is -0.890. The minimum Gasteiger partial charge on any atom is -1.00 e. The van der Waals surface area contributed by atoms with Crippen LogP contribution in [0, 0.1) is 0 Å². The van der Waals surface area contributed by atoms with Gasteiger partial charge < -0.3 is 30.2 Å². The average Bonchev–Trinajstić information content (AvgIpc) is 2.82. The highest BCUT2D eigenvalue weighted by Crippen LogP contribution is 2.21. The molecule has 0 aromatic heterocycles. The Morgan fingerprint density at radius 1 is 0.444 bits per heavy atom. The van der Waals surface area contributed by atoms with Crippen molar-refractivity contribution in [2.24, 2.45) is 0 Å². The standard InChI is InChI=1S/C30H66NO3Si.ClH/c1-7-11-12-13-14-15-16-17-18-19-22-25-28-31(5,6)29-26-23-20-21-24-27-30-35(32-8-2,33-9-3)34-10-4;/h7-30H2,1-6H3;1H/q+1;/p-1. The van der Waals surface area contributed by atoms with E-state index < -0.39 is 8.80 Å². The van der Waals surface area contributed by atoms with Crippen LogP contribution in [0.4, 0.5) is 0 Å². The summed E-state index contributed by atoms with van der Waals surface area (Å²) in [7, 11) is 2.42. The van der Waals surface area contributed by atoms with Crippen molar-refractivity contribution in [1.29, 1.82) is 0 Å². The molecule has 0 amide bonds. The molecular formula is C30H66ClNO3Si. The van der Waals surface area contributed by atoms with Gasteiger partial charge in [-0.25, -0.2) is 0 Å². The van der Waals surface area contributed by atoms with Gasteiger partial charge in [0.05, 0.1) is 27.2 Å². The van der Waals surface area contributed by atoms with Crippen LogP contribution in [0.3, 0.4) is 0 Å². The number of hydrogen-bond acceptors (Lipinski definition) is 3. The maximum absolute atomic E-state index is 5.97. The van der Waals surface area contributed by atoms with Crippen LogP contribution in [0.15, 0.2) is 0 Å². The lowest BCUT2D eigenvalue weighted by Gasteiger charge is -2.30. The van der Waals surface area contributed by atoms with E-state index in [2.05, 4.69) is 21.0 Å². The number of halogens is 1. The molecule has 0 N–H and O–H groups in total. The van der Waals surface area contributed by atoms with Gasteiger partial charge in [0, 0.05) is 25.9 Å². The van der Waals surface area contributed by atoms with Gasteiger partial charge in [-0.2, -0.15) is 0 Å². The molecule has 0 radical (unpaired) electrons. The van der Waals surface area contributed by atoms with Crippen LogP contribution in [0.1, 0.15) is 143 Å². The summed E-state index contributed by atoms with van der Waals surface area (Å²) in [6.45, 7) is 13.1. The Bertz CT molecular complexity index is 423. The summed E-state index contributed by atoms with van der Waals surface area (Å²) >= 11 is 0. The monoisotopic (exact) mass is 551 g/mol. The quantitative estimate of drug-likeness (QED) is 0.0662. The van der Waals surface area contributed by atoms with Crippen molar-refractivity contribution < 1.29 is 30.2 Å². The van der Waals surface area contributed by atoms with Crippen LogP contribution in [-0.2, 0) is 13.3 Å². The van der Waals surface area contributed by atoms with E-state index in [0.29, 0.717) is 19.8 Å². The van der Waals surface area contributed by atoms with Gasteiger partial charge in [0.1, 0.15) is 0 Å². The largest absolute Gasteiger partial charge is 1.00 e. The molecule has 0 saturated carbocycles. The van der Waals surface area contributed by atoms with Crippen molar-refractivity contribution in [3.8, 4) is 0 Å². The number of nitrogens with zero attached hydrogens (tertiary/aromatic N) is 1. The molecule has 0 bridgehead atoms. The van der Waals surface area contributed by atoms with Crippen LogP contribution in [-0.4, -0.2) is 60.3 Å². The highest BCUT2D eigenvalue weighted by Gasteiger charge is 2.39. The topological polar surface area (TPSA) is 27.7 Å². The highest BCUT2D eigenvalue weighted by atomic mass is 35.5. The van der Waals surface area contributed by atoms with Crippen molar-refractivity contribution in [2.45, 2.75) is 149 Å². The summed E-state index contributed by atoms with van der Waals surface area (Å²) < 4.78 is 19.1. The van der Waals surface area contributed by atoms with Crippen molar-refractivity contribution in [1.82, 2.24) is 0 Å². The van der Waals surface area contributed by atoms with Gasteiger partial charge in [0.15, 0.2) is 0 Å². The Labute approximate surface area is 235 Å². The summed E-state index contributed by atoms with van der Waals surface area (Å²) in [5.41, 5.74) is 0. The van der Waals surface area contributed by atoms with Gasteiger partial charge in [-0.15, -0.1) is 0 Å². The zero-order valence-corrected chi connectivity index (χ0v) is 27.3. The Kier molecular flexibility index (Phi) is 28.8. The molecule has 0 unspecified atom stereocenters. The average molecular weight is 552 g/mol. The first-order chi connectivity index (χ1) is 16.9. The maximum atomic E-state index is 5.97. The Balaban J connectivity index is 0. The Morgan fingerprint density at radius 2 is 0.750 bits per heavy atom. The molecule has 0 spiro atoms. The normalized spacial score (nSPS) is 12.2. The molecule has 0 aromatic carbocycles. The first-order valence-electron chi connectivity index (χ1n) is 15.7. The molecule has 0 aliphatic heterocycles. The summed E-state index contributed by atoms with van der Waals surface area (Å²) in [6, 6.07) is 0.964. The van der Waals surface area contributed by atoms with Gasteiger partial charge in [-0.1, -0.05) is 90.4 Å². The van der Waals surface area contributed by atoms with E-state index in [1.807, 2.05) is 20.8 Å². The second kappa shape index (κ2) is 26.9. The first-order valence-corrected chi connectivity index (χ1v) is 17.6. The molecule has 0 aromatic rings. The van der Waals surface area contributed by atoms with Gasteiger partial charge in [-0.3, -0.25) is 0 Å². The van der Waals surface area contributed by atoms with Crippen molar-refractivity contribution >= 4 is 8.80 Å². The molecule has 0 atom stereocenters. The SMILES string of the molecule is CCCCCCCCCCCCCC[N+](C)(C)CCCCCCCC[Si](OCC)(OCC)OCC.[Cl-]. The number of quaternary nitrogens is 1. The van der Waals surface area contributed by atoms with Crippen molar-refractivity contribution in [3.63, 3.8) is 0 Å². The van der Waals surface area contributed by atoms with Crippen LogP contribution < -0.4 is 12.4 Å². The van der Waals surface area contributed by atoms with Crippen LogP contribution in [0.25, 0.3) is 0 Å². The fraction of sp³-hybridized carbons (Fsp3) is 1.00. The van der Waals surface area contributed by atoms with Gasteiger partial charge in [0.25, 0.3) is 0 Å². The molecule has 6 heteroatoms. The van der Waals surface area contributed by atoms with Crippen LogP contribution >= 0.6 is 0 Å². The second-order valence-electron chi connectivity index (χ2n) is 11.1. The molecule has 0 aliphatic carbocycles. The maximum Gasteiger partial charge on any atom is 0.500 e. The third-order valence-electron chi connectivity index (χ3n) is 7.21. The van der Waals surface area contributed by atoms with E-state index in [0.717, 1.165) is 12.5 Å². The highest BCUT2D eigenvalue weighted by molar-refractivity contribution is 6.60. The molecule has 0 heterocycles. The predicted molar refractivity (Wildman–Crippen MR) is 156 cm³/mol. The molecular weight excluding hydrogens is 486 g/mol. The van der Waals surface area contributed by atoms with Crippen LogP contribution in [0.5, 0.6) is 0 Å². The van der Waals surface area contributed by atoms with E-state index >= 15 is 0 Å². The van der Waals surface area contributed by atoms with Crippen molar-refractivity contribution in [3.05, 3.63) is 0 Å². The third-order valence-corrected chi connectivity index (χ3v) is 10.4. The fourth-order valence-electron chi connectivity index (χ4n) is 5.08. The van der Waals surface area contributed by atoms with Gasteiger partial charge in [0.2, 0.25) is 0 Å². The van der Waals surface area contributed by atoms with Gasteiger partial charge >= 0.3 is 8.80 Å². The second-order valence-corrected chi connectivity index (χ2v) is 13.9. The zero-order valence-electron chi connectivity index (χ0n) is 25.5. The van der Waals surface area contributed by atoms with E-state index in [1.54, 1.807) is 0 Å². The number of rotatable bonds is 28. The van der Waals surface area contributed by atoms with E-state index in [-0.39, 0.29) is 12.4 Å². The smallest absolute Gasteiger partial charge is 0.500 e. The third kappa shape index (κ3) is 23.5.